The predicted octanol–water partition coefficient (Wildman–Crippen LogP) is 5.41. The van der Waals surface area contributed by atoms with E-state index < -0.39 is 0 Å². The summed E-state index contributed by atoms with van der Waals surface area (Å²) in [5.41, 5.74) is 1.25. The van der Waals surface area contributed by atoms with Crippen molar-refractivity contribution in [3.63, 3.8) is 0 Å². The zero-order chi connectivity index (χ0) is 16.2. The van der Waals surface area contributed by atoms with E-state index in [2.05, 4.69) is 20.6 Å². The van der Waals surface area contributed by atoms with E-state index in [9.17, 15) is 4.39 Å². The van der Waals surface area contributed by atoms with E-state index in [1.54, 1.807) is 42.6 Å². The monoisotopic (exact) mass is 348 g/mol. The van der Waals surface area contributed by atoms with E-state index >= 15 is 0 Å². The van der Waals surface area contributed by atoms with Gasteiger partial charge in [-0.15, -0.1) is 0 Å². The normalized spacial score (nSPS) is 10.4. The Hall–Kier alpha value is -2.37. The summed E-state index contributed by atoms with van der Waals surface area (Å²) in [6.45, 7) is 0. The smallest absolute Gasteiger partial charge is 0.229 e. The first kappa shape index (κ1) is 15.5. The number of aromatic nitrogens is 2. The molecular formula is C16H11Cl2FN4. The summed E-state index contributed by atoms with van der Waals surface area (Å²) >= 11 is 12.2. The Labute approximate surface area is 142 Å². The Balaban J connectivity index is 1.81. The van der Waals surface area contributed by atoms with E-state index in [0.717, 1.165) is 0 Å². The summed E-state index contributed by atoms with van der Waals surface area (Å²) in [5.74, 6) is 0.588. The molecule has 0 amide bonds. The zero-order valence-corrected chi connectivity index (χ0v) is 13.2. The van der Waals surface area contributed by atoms with Gasteiger partial charge in [0.1, 0.15) is 11.6 Å². The molecule has 4 nitrogen and oxygen atoms in total. The number of hydrogen-bond acceptors (Lipinski definition) is 4. The fourth-order valence-corrected chi connectivity index (χ4v) is 2.39. The third-order valence-electron chi connectivity index (χ3n) is 2.97. The topological polar surface area (TPSA) is 49.8 Å². The lowest BCUT2D eigenvalue weighted by molar-refractivity contribution is 0.628. The van der Waals surface area contributed by atoms with E-state index in [0.29, 0.717) is 33.2 Å². The van der Waals surface area contributed by atoms with Gasteiger partial charge in [-0.2, -0.15) is 4.98 Å². The van der Waals surface area contributed by atoms with Crippen LogP contribution in [0.3, 0.4) is 0 Å². The molecule has 0 radical (unpaired) electrons. The number of anilines is 4. The first-order chi connectivity index (χ1) is 11.1. The van der Waals surface area contributed by atoms with Crippen LogP contribution in [0.1, 0.15) is 0 Å². The summed E-state index contributed by atoms with van der Waals surface area (Å²) in [5, 5.41) is 7.03. The second-order valence-corrected chi connectivity index (χ2v) is 5.43. The molecule has 2 aromatic carbocycles. The average molecular weight is 349 g/mol. The molecule has 0 aliphatic rings. The molecule has 0 saturated heterocycles. The minimum Gasteiger partial charge on any atom is -0.338 e. The number of benzene rings is 2. The van der Waals surface area contributed by atoms with Gasteiger partial charge in [0.25, 0.3) is 0 Å². The molecule has 0 atom stereocenters. The molecule has 1 aromatic heterocycles. The van der Waals surface area contributed by atoms with E-state index in [1.165, 1.54) is 12.1 Å². The summed E-state index contributed by atoms with van der Waals surface area (Å²) in [4.78, 5) is 8.45. The summed E-state index contributed by atoms with van der Waals surface area (Å²) in [7, 11) is 0. The number of nitrogens with zero attached hydrogens (tertiary/aromatic N) is 2. The first-order valence-electron chi connectivity index (χ1n) is 6.68. The highest BCUT2D eigenvalue weighted by Crippen LogP contribution is 2.32. The number of para-hydroxylation sites is 1. The third-order valence-corrected chi connectivity index (χ3v) is 3.60. The molecule has 0 bridgehead atoms. The maximum absolute atomic E-state index is 12.9. The zero-order valence-electron chi connectivity index (χ0n) is 11.7. The maximum Gasteiger partial charge on any atom is 0.229 e. The number of halogens is 3. The molecule has 2 N–H and O–H groups in total. The van der Waals surface area contributed by atoms with Crippen LogP contribution in [-0.4, -0.2) is 9.97 Å². The van der Waals surface area contributed by atoms with Crippen LogP contribution >= 0.6 is 23.2 Å². The average Bonchev–Trinajstić information content (AvgIpc) is 2.54. The van der Waals surface area contributed by atoms with Crippen LogP contribution in [0.2, 0.25) is 10.0 Å². The lowest BCUT2D eigenvalue weighted by Gasteiger charge is -2.11. The van der Waals surface area contributed by atoms with Crippen LogP contribution in [-0.2, 0) is 0 Å². The highest BCUT2D eigenvalue weighted by atomic mass is 35.5. The van der Waals surface area contributed by atoms with Crippen LogP contribution in [0.4, 0.5) is 27.5 Å². The summed E-state index contributed by atoms with van der Waals surface area (Å²) in [6.07, 6.45) is 1.59. The number of rotatable bonds is 4. The van der Waals surface area contributed by atoms with Crippen LogP contribution in [0.5, 0.6) is 0 Å². The Kier molecular flexibility index (Phi) is 4.60. The number of hydrogen-bond donors (Lipinski definition) is 2. The Bertz CT molecular complexity index is 804. The van der Waals surface area contributed by atoms with Crippen molar-refractivity contribution >= 4 is 46.3 Å². The van der Waals surface area contributed by atoms with Crippen LogP contribution < -0.4 is 10.6 Å². The second-order valence-electron chi connectivity index (χ2n) is 4.62. The van der Waals surface area contributed by atoms with Crippen molar-refractivity contribution in [2.45, 2.75) is 0 Å². The Morgan fingerprint density at radius 2 is 1.57 bits per heavy atom. The summed E-state index contributed by atoms with van der Waals surface area (Å²) in [6, 6.07) is 12.8. The Morgan fingerprint density at radius 1 is 0.870 bits per heavy atom. The van der Waals surface area contributed by atoms with Crippen LogP contribution in [0, 0.1) is 5.82 Å². The van der Waals surface area contributed by atoms with Gasteiger partial charge in [0.05, 0.1) is 15.7 Å². The van der Waals surface area contributed by atoms with Gasteiger partial charge in [0, 0.05) is 11.9 Å². The molecule has 0 fully saturated rings. The van der Waals surface area contributed by atoms with Gasteiger partial charge in [0.15, 0.2) is 0 Å². The molecule has 1 heterocycles. The van der Waals surface area contributed by atoms with Gasteiger partial charge in [0.2, 0.25) is 5.95 Å². The molecule has 23 heavy (non-hydrogen) atoms. The van der Waals surface area contributed by atoms with Crippen molar-refractivity contribution in [2.75, 3.05) is 10.6 Å². The Morgan fingerprint density at radius 3 is 2.26 bits per heavy atom. The van der Waals surface area contributed by atoms with Crippen molar-refractivity contribution in [1.29, 1.82) is 0 Å². The molecule has 7 heteroatoms. The lowest BCUT2D eigenvalue weighted by Crippen LogP contribution is -2.01. The van der Waals surface area contributed by atoms with Crippen LogP contribution in [0.15, 0.2) is 54.7 Å². The highest BCUT2D eigenvalue weighted by Gasteiger charge is 2.07. The lowest BCUT2D eigenvalue weighted by atomic mass is 10.3. The van der Waals surface area contributed by atoms with Gasteiger partial charge >= 0.3 is 0 Å². The van der Waals surface area contributed by atoms with Gasteiger partial charge in [-0.1, -0.05) is 29.3 Å². The largest absolute Gasteiger partial charge is 0.338 e. The van der Waals surface area contributed by atoms with Crippen molar-refractivity contribution in [3.05, 3.63) is 70.6 Å². The molecule has 116 valence electrons. The van der Waals surface area contributed by atoms with Gasteiger partial charge in [-0.25, -0.2) is 9.37 Å². The quantitative estimate of drug-likeness (QED) is 0.661. The minimum atomic E-state index is -0.305. The highest BCUT2D eigenvalue weighted by molar-refractivity contribution is 6.39. The molecule has 0 aliphatic heterocycles. The van der Waals surface area contributed by atoms with Crippen molar-refractivity contribution in [2.24, 2.45) is 0 Å². The molecule has 0 saturated carbocycles. The fourth-order valence-electron chi connectivity index (χ4n) is 1.90. The van der Waals surface area contributed by atoms with Gasteiger partial charge < -0.3 is 10.6 Å². The van der Waals surface area contributed by atoms with E-state index in [1.807, 2.05) is 0 Å². The first-order valence-corrected chi connectivity index (χ1v) is 7.44. The van der Waals surface area contributed by atoms with Crippen molar-refractivity contribution < 1.29 is 4.39 Å². The standard InChI is InChI=1S/C16H11Cl2FN4/c17-12-2-1-3-13(18)15(12)22-14-8-9-20-16(23-14)21-11-6-4-10(19)5-7-11/h1-9H,(H2,20,21,22,23). The molecule has 3 rings (SSSR count). The van der Waals surface area contributed by atoms with Crippen molar-refractivity contribution in [1.82, 2.24) is 9.97 Å². The molecule has 0 unspecified atom stereocenters. The SMILES string of the molecule is Fc1ccc(Nc2nccc(Nc3c(Cl)cccc3Cl)n2)cc1. The molecule has 0 aliphatic carbocycles. The maximum atomic E-state index is 12.9. The predicted molar refractivity (Wildman–Crippen MR) is 91.5 cm³/mol. The van der Waals surface area contributed by atoms with Gasteiger partial charge in [-0.3, -0.25) is 0 Å². The fraction of sp³-hybridized carbons (Fsp3) is 0. The van der Waals surface area contributed by atoms with Crippen LogP contribution in [0.25, 0.3) is 0 Å². The van der Waals surface area contributed by atoms with E-state index in [-0.39, 0.29) is 5.82 Å². The minimum absolute atomic E-state index is 0.305. The molecule has 3 aromatic rings. The van der Waals surface area contributed by atoms with E-state index in [4.69, 9.17) is 23.2 Å². The second kappa shape index (κ2) is 6.81. The number of nitrogens with one attached hydrogen (secondary N) is 2. The summed E-state index contributed by atoms with van der Waals surface area (Å²) < 4.78 is 12.9. The molecule has 0 spiro atoms. The third kappa shape index (κ3) is 3.88. The molecular weight excluding hydrogens is 338 g/mol. The van der Waals surface area contributed by atoms with Crippen molar-refractivity contribution in [3.8, 4) is 0 Å². The van der Waals surface area contributed by atoms with Gasteiger partial charge in [-0.05, 0) is 42.5 Å².